The molecule has 0 fully saturated rings. The third-order valence-corrected chi connectivity index (χ3v) is 16.0. The molecule has 0 radical (unpaired) electrons. The zero-order chi connectivity index (χ0) is 39.5. The van der Waals surface area contributed by atoms with E-state index in [-0.39, 0.29) is 10.6 Å². The van der Waals surface area contributed by atoms with Gasteiger partial charge in [0.05, 0.1) is 71.1 Å². The number of H-pyrrole nitrogens is 2. The highest BCUT2D eigenvalue weighted by atomic mass is 79.9. The number of nitrogens with zero attached hydrogens (tertiary/aromatic N) is 3. The lowest BCUT2D eigenvalue weighted by atomic mass is 10.0. The summed E-state index contributed by atoms with van der Waals surface area (Å²) in [5.74, 6) is 0. The smallest absolute Gasteiger partial charge is 0.295 e. The largest absolute Gasteiger partial charge is 0.352 e. The zero-order valence-corrected chi connectivity index (χ0v) is 38.6. The monoisotopic (exact) mass is 1130 g/mol. The van der Waals surface area contributed by atoms with Gasteiger partial charge in [0.15, 0.2) is 0 Å². The summed E-state index contributed by atoms with van der Waals surface area (Å²) in [6.45, 7) is 0. The van der Waals surface area contributed by atoms with Crippen molar-refractivity contribution in [3.05, 3.63) is 169 Å². The molecule has 0 spiro atoms. The zero-order valence-electron chi connectivity index (χ0n) is 29.1. The van der Waals surface area contributed by atoms with Crippen LogP contribution in [0.1, 0.15) is 22.8 Å². The molecule has 57 heavy (non-hydrogen) atoms. The lowest BCUT2D eigenvalue weighted by molar-refractivity contribution is -0.382. The lowest BCUT2D eigenvalue weighted by Crippen LogP contribution is -1.93. The first kappa shape index (κ1) is 38.3. The van der Waals surface area contributed by atoms with Gasteiger partial charge in [0.2, 0.25) is 0 Å². The number of rotatable bonds is 5. The molecule has 0 saturated carbocycles. The topological polar surface area (TPSA) is 100 Å². The maximum atomic E-state index is 13.2. The van der Waals surface area contributed by atoms with Gasteiger partial charge in [-0.05, 0) is 118 Å². The van der Waals surface area contributed by atoms with Crippen molar-refractivity contribution in [2.45, 2.75) is 0 Å². The van der Waals surface area contributed by atoms with Gasteiger partial charge in [-0.1, -0.05) is 121 Å². The first-order valence-corrected chi connectivity index (χ1v) is 22.1. The fourth-order valence-electron chi connectivity index (χ4n) is 7.25. The van der Waals surface area contributed by atoms with E-state index in [1.54, 1.807) is 6.07 Å². The van der Waals surface area contributed by atoms with E-state index < -0.39 is 0 Å². The predicted molar refractivity (Wildman–Crippen MR) is 254 cm³/mol. The number of hydrogen-bond acceptors (Lipinski definition) is 4. The first-order valence-electron chi connectivity index (χ1n) is 17.3. The summed E-state index contributed by atoms with van der Waals surface area (Å²) in [6.07, 6.45) is 0. The Bertz CT molecular complexity index is 3040. The van der Waals surface area contributed by atoms with E-state index in [0.717, 1.165) is 56.8 Å². The summed E-state index contributed by atoms with van der Waals surface area (Å²) in [5, 5.41) is 13.2. The minimum absolute atomic E-state index is 0.103. The molecule has 0 saturated heterocycles. The Hall–Kier alpha value is -4.24. The summed E-state index contributed by atoms with van der Waals surface area (Å²) in [6, 6.07) is 41.0. The summed E-state index contributed by atoms with van der Waals surface area (Å²) >= 11 is 23.6. The second-order valence-electron chi connectivity index (χ2n) is 13.0. The molecule has 8 bridgehead atoms. The van der Waals surface area contributed by atoms with Crippen LogP contribution in [0.5, 0.6) is 0 Å². The average molecular weight is 1130 g/mol. The SMILES string of the molecule is O=[N+]([O-])c1cc2[nH]c1c(-c1ccccc1)c1nc(c(-c3ccccc3)c3nc(c(-c4ccccc4)c4[nH]c(c(Br)c4Br)c2-c2ccccc2)C(Br)=C3Br)C(Br)=C1Br. The molecule has 0 atom stereocenters. The number of aromatic amines is 2. The second-order valence-corrected chi connectivity index (χ2v) is 17.8. The van der Waals surface area contributed by atoms with Gasteiger partial charge in [-0.2, -0.15) is 0 Å². The quantitative estimate of drug-likeness (QED) is 0.132. The number of aromatic nitrogens is 4. The van der Waals surface area contributed by atoms with E-state index >= 15 is 0 Å². The van der Waals surface area contributed by atoms with Gasteiger partial charge in [-0.3, -0.25) is 10.1 Å². The highest BCUT2D eigenvalue weighted by Crippen LogP contribution is 2.52. The van der Waals surface area contributed by atoms with Crippen LogP contribution in [0.3, 0.4) is 0 Å². The Morgan fingerprint density at radius 1 is 0.439 bits per heavy atom. The molecule has 0 unspecified atom stereocenters. The van der Waals surface area contributed by atoms with E-state index in [2.05, 4.69) is 106 Å². The van der Waals surface area contributed by atoms with Crippen LogP contribution in [0.2, 0.25) is 0 Å². The average Bonchev–Trinajstić information content (AvgIpc) is 3.95. The van der Waals surface area contributed by atoms with Gasteiger partial charge in [0.25, 0.3) is 5.69 Å². The summed E-state index contributed by atoms with van der Waals surface area (Å²) in [4.78, 5) is 31.0. The third kappa shape index (κ3) is 6.56. The van der Waals surface area contributed by atoms with E-state index in [1.807, 2.05) is 121 Å². The maximum Gasteiger partial charge on any atom is 0.295 e. The van der Waals surface area contributed by atoms with Gasteiger partial charge in [-0.15, -0.1) is 0 Å². The first-order chi connectivity index (χ1) is 27.6. The molecule has 7 nitrogen and oxygen atoms in total. The van der Waals surface area contributed by atoms with Crippen LogP contribution in [0.4, 0.5) is 5.69 Å². The number of hydrogen-bond donors (Lipinski definition) is 2. The van der Waals surface area contributed by atoms with Crippen molar-refractivity contribution >= 4 is 141 Å². The van der Waals surface area contributed by atoms with Crippen LogP contribution in [0, 0.1) is 10.1 Å². The molecular formula is C44H23Br6N5O2. The van der Waals surface area contributed by atoms with Gasteiger partial charge < -0.3 is 9.97 Å². The molecule has 3 aromatic heterocycles. The standard InChI is InChI=1S/C44H23Br6N5O2/c45-32-33(46)41-30(24-17-9-3-10-18-24)43-36(49)37(50)44(54-43)31(25-19-11-4-12-20-25)42-35(48)34(47)40(53-42)29(23-15-7-2-8-16-23)38-27(55(56)57)21-26(51-38)28(39(32)52-41)22-13-5-1-6-14-22/h1-21,51-52H. The Morgan fingerprint density at radius 3 is 1.18 bits per heavy atom. The lowest BCUT2D eigenvalue weighted by Gasteiger charge is -2.08. The fraction of sp³-hybridized carbons (Fsp3) is 0. The van der Waals surface area contributed by atoms with Gasteiger partial charge in [0.1, 0.15) is 5.52 Å². The third-order valence-electron chi connectivity index (χ3n) is 9.76. The van der Waals surface area contributed by atoms with Crippen molar-refractivity contribution < 1.29 is 4.92 Å². The molecule has 5 heterocycles. The molecular weight excluding hydrogens is 1110 g/mol. The highest BCUT2D eigenvalue weighted by Gasteiger charge is 2.32. The van der Waals surface area contributed by atoms with Crippen molar-refractivity contribution in [2.75, 3.05) is 0 Å². The molecule has 7 aromatic rings. The van der Waals surface area contributed by atoms with Crippen LogP contribution in [-0.2, 0) is 0 Å². The normalized spacial score (nSPS) is 12.7. The van der Waals surface area contributed by atoms with Crippen LogP contribution in [0.25, 0.3) is 84.5 Å². The summed E-state index contributed by atoms with van der Waals surface area (Å²) < 4.78 is 4.26. The van der Waals surface area contributed by atoms with Crippen molar-refractivity contribution in [1.29, 1.82) is 0 Å². The van der Waals surface area contributed by atoms with E-state index in [9.17, 15) is 10.1 Å². The highest BCUT2D eigenvalue weighted by molar-refractivity contribution is 9.18. The molecule has 13 heteroatoms. The molecule has 0 aliphatic carbocycles. The summed E-state index contributed by atoms with van der Waals surface area (Å²) in [5.41, 5.74) is 10.8. The minimum atomic E-state index is -0.348. The van der Waals surface area contributed by atoms with Crippen LogP contribution in [0.15, 0.2) is 136 Å². The number of halogens is 6. The molecule has 2 aliphatic heterocycles. The van der Waals surface area contributed by atoms with Gasteiger partial charge in [0, 0.05) is 28.3 Å². The minimum Gasteiger partial charge on any atom is -0.352 e. The molecule has 0 amide bonds. The van der Waals surface area contributed by atoms with Gasteiger partial charge in [-0.25, -0.2) is 9.97 Å². The number of fused-ring (bicyclic) bond motifs is 8. The number of nitrogens with one attached hydrogen (secondary N) is 2. The van der Waals surface area contributed by atoms with Crippen LogP contribution < -0.4 is 0 Å². The maximum absolute atomic E-state index is 13.2. The molecule has 278 valence electrons. The molecule has 2 N–H and O–H groups in total. The Morgan fingerprint density at radius 2 is 0.772 bits per heavy atom. The summed E-state index contributed by atoms with van der Waals surface area (Å²) in [7, 11) is 0. The molecule has 9 rings (SSSR count). The molecule has 4 aromatic carbocycles. The van der Waals surface area contributed by atoms with Crippen molar-refractivity contribution in [2.24, 2.45) is 0 Å². The second kappa shape index (κ2) is 15.5. The van der Waals surface area contributed by atoms with Crippen molar-refractivity contribution in [1.82, 2.24) is 19.9 Å². The Labute approximate surface area is 376 Å². The predicted octanol–water partition coefficient (Wildman–Crippen LogP) is 15.6. The van der Waals surface area contributed by atoms with Crippen molar-refractivity contribution in [3.8, 4) is 44.5 Å². The Balaban J connectivity index is 1.63. The van der Waals surface area contributed by atoms with E-state index in [1.165, 1.54) is 0 Å². The number of nitro groups is 1. The van der Waals surface area contributed by atoms with Crippen LogP contribution >= 0.6 is 95.6 Å². The number of benzene rings is 4. The van der Waals surface area contributed by atoms with Crippen molar-refractivity contribution in [3.63, 3.8) is 0 Å². The van der Waals surface area contributed by atoms with Crippen LogP contribution in [-0.4, -0.2) is 24.9 Å². The van der Waals surface area contributed by atoms with E-state index in [4.69, 9.17) is 9.97 Å². The molecule has 2 aliphatic rings. The fourth-order valence-corrected chi connectivity index (χ4v) is 10.1. The van der Waals surface area contributed by atoms with E-state index in [0.29, 0.717) is 59.4 Å². The Kier molecular flexibility index (Phi) is 10.4. The van der Waals surface area contributed by atoms with Gasteiger partial charge >= 0.3 is 0 Å².